The third-order valence-electron chi connectivity index (χ3n) is 4.64. The van der Waals surface area contributed by atoms with Gasteiger partial charge in [-0.1, -0.05) is 18.2 Å². The lowest BCUT2D eigenvalue weighted by Gasteiger charge is -2.24. The first-order valence-electron chi connectivity index (χ1n) is 8.67. The van der Waals surface area contributed by atoms with E-state index in [1.807, 2.05) is 0 Å². The largest absolute Gasteiger partial charge is 0.433 e. The van der Waals surface area contributed by atoms with Gasteiger partial charge in [-0.15, -0.1) is 0 Å². The van der Waals surface area contributed by atoms with Gasteiger partial charge in [0.25, 0.3) is 5.91 Å². The molecule has 1 atom stereocenters. The van der Waals surface area contributed by atoms with Gasteiger partial charge in [-0.05, 0) is 31.0 Å². The second kappa shape index (κ2) is 7.96. The van der Waals surface area contributed by atoms with Crippen molar-refractivity contribution in [3.05, 3.63) is 59.4 Å². The van der Waals surface area contributed by atoms with Crippen molar-refractivity contribution >= 4 is 11.6 Å². The summed E-state index contributed by atoms with van der Waals surface area (Å²) in [4.78, 5) is 17.9. The second-order valence-electron chi connectivity index (χ2n) is 6.39. The summed E-state index contributed by atoms with van der Waals surface area (Å²) in [5.41, 5.74) is -0.124. The van der Waals surface area contributed by atoms with Crippen LogP contribution in [0.2, 0.25) is 0 Å². The molecule has 2 aromatic rings. The van der Waals surface area contributed by atoms with Gasteiger partial charge in [-0.2, -0.15) is 13.2 Å². The molecule has 1 aromatic heterocycles. The van der Waals surface area contributed by atoms with Gasteiger partial charge in [-0.3, -0.25) is 9.78 Å². The number of anilines is 1. The van der Waals surface area contributed by atoms with E-state index in [0.29, 0.717) is 17.8 Å². The number of amides is 1. The molecule has 2 N–H and O–H groups in total. The number of rotatable bonds is 5. The Morgan fingerprint density at radius 2 is 2.04 bits per heavy atom. The van der Waals surface area contributed by atoms with Crippen molar-refractivity contribution in [3.63, 3.8) is 0 Å². The zero-order valence-corrected chi connectivity index (χ0v) is 14.5. The minimum Gasteiger partial charge on any atom is -0.394 e. The molecule has 1 aliphatic rings. The quantitative estimate of drug-likeness (QED) is 0.837. The van der Waals surface area contributed by atoms with Gasteiger partial charge in [0.1, 0.15) is 5.69 Å². The Hall–Kier alpha value is -2.61. The molecule has 0 radical (unpaired) electrons. The maximum atomic E-state index is 13.1. The zero-order valence-electron chi connectivity index (χ0n) is 14.5. The van der Waals surface area contributed by atoms with Crippen molar-refractivity contribution in [1.82, 2.24) is 9.88 Å². The monoisotopic (exact) mass is 379 g/mol. The fourth-order valence-electron chi connectivity index (χ4n) is 3.30. The average Bonchev–Trinajstić information content (AvgIpc) is 3.14. The van der Waals surface area contributed by atoms with Crippen LogP contribution in [0.1, 0.15) is 34.5 Å². The maximum absolute atomic E-state index is 13.1. The second-order valence-corrected chi connectivity index (χ2v) is 6.39. The van der Waals surface area contributed by atoms with Crippen LogP contribution in [-0.2, 0) is 12.7 Å². The summed E-state index contributed by atoms with van der Waals surface area (Å²) in [6.45, 7) is 0.335. The summed E-state index contributed by atoms with van der Waals surface area (Å²) < 4.78 is 39.3. The number of carbonyl (C=O) groups is 1. The van der Waals surface area contributed by atoms with Crippen molar-refractivity contribution in [2.24, 2.45) is 0 Å². The highest BCUT2D eigenvalue weighted by Gasteiger charge is 2.35. The molecular formula is C19H20F3N3O2. The third-order valence-corrected chi connectivity index (χ3v) is 4.64. The smallest absolute Gasteiger partial charge is 0.394 e. The number of benzene rings is 1. The van der Waals surface area contributed by atoms with Crippen LogP contribution in [0.15, 0.2) is 42.6 Å². The molecule has 1 fully saturated rings. The van der Waals surface area contributed by atoms with Gasteiger partial charge in [0.15, 0.2) is 0 Å². The lowest BCUT2D eigenvalue weighted by molar-refractivity contribution is -0.141. The van der Waals surface area contributed by atoms with E-state index in [-0.39, 0.29) is 30.7 Å². The molecule has 8 heteroatoms. The fourth-order valence-corrected chi connectivity index (χ4v) is 3.30. The summed E-state index contributed by atoms with van der Waals surface area (Å²) in [7, 11) is 0. The number of aliphatic hydroxyl groups excluding tert-OH is 1. The van der Waals surface area contributed by atoms with Crippen molar-refractivity contribution in [2.45, 2.75) is 31.6 Å². The van der Waals surface area contributed by atoms with Gasteiger partial charge < -0.3 is 15.3 Å². The summed E-state index contributed by atoms with van der Waals surface area (Å²) in [5, 5.41) is 12.4. The lowest BCUT2D eigenvalue weighted by atomic mass is 10.1. The molecule has 0 saturated carbocycles. The van der Waals surface area contributed by atoms with E-state index in [0.717, 1.165) is 19.0 Å². The highest BCUT2D eigenvalue weighted by Crippen LogP contribution is 2.31. The molecular weight excluding hydrogens is 359 g/mol. The number of nitrogens with one attached hydrogen (secondary N) is 1. The molecule has 2 heterocycles. The van der Waals surface area contributed by atoms with Crippen LogP contribution in [-0.4, -0.2) is 40.1 Å². The van der Waals surface area contributed by atoms with E-state index < -0.39 is 11.9 Å². The molecule has 27 heavy (non-hydrogen) atoms. The highest BCUT2D eigenvalue weighted by molar-refractivity contribution is 6.00. The van der Waals surface area contributed by atoms with Gasteiger partial charge in [-0.25, -0.2) is 0 Å². The number of para-hydroxylation sites is 1. The van der Waals surface area contributed by atoms with Gasteiger partial charge in [0.2, 0.25) is 0 Å². The highest BCUT2D eigenvalue weighted by atomic mass is 19.4. The Morgan fingerprint density at radius 3 is 2.78 bits per heavy atom. The number of aromatic nitrogens is 1. The number of alkyl halides is 3. The number of likely N-dealkylation sites (tertiary alicyclic amines) is 1. The fraction of sp³-hybridized carbons (Fsp3) is 0.368. The normalized spacial score (nSPS) is 17.2. The van der Waals surface area contributed by atoms with Crippen LogP contribution in [0, 0.1) is 0 Å². The third kappa shape index (κ3) is 4.21. The van der Waals surface area contributed by atoms with Crippen molar-refractivity contribution < 1.29 is 23.1 Å². The van der Waals surface area contributed by atoms with E-state index in [2.05, 4.69) is 10.3 Å². The van der Waals surface area contributed by atoms with Crippen LogP contribution >= 0.6 is 0 Å². The molecule has 1 saturated heterocycles. The predicted octanol–water partition coefficient (Wildman–Crippen LogP) is 3.31. The molecule has 144 valence electrons. The number of aliphatic hydroxyl groups is 1. The first-order chi connectivity index (χ1) is 12.9. The number of carbonyl (C=O) groups excluding carboxylic acids is 1. The van der Waals surface area contributed by atoms with Crippen LogP contribution < -0.4 is 5.32 Å². The summed E-state index contributed by atoms with van der Waals surface area (Å²) in [6, 6.07) is 9.27. The molecule has 1 amide bonds. The van der Waals surface area contributed by atoms with Crippen LogP contribution in [0.4, 0.5) is 18.9 Å². The van der Waals surface area contributed by atoms with Crippen LogP contribution in [0.5, 0.6) is 0 Å². The Bertz CT molecular complexity index is 811. The molecule has 1 unspecified atom stereocenters. The van der Waals surface area contributed by atoms with Gasteiger partial charge >= 0.3 is 6.18 Å². The molecule has 0 bridgehead atoms. The Morgan fingerprint density at radius 1 is 1.26 bits per heavy atom. The number of pyridine rings is 1. The van der Waals surface area contributed by atoms with Crippen molar-refractivity contribution in [1.29, 1.82) is 0 Å². The number of hydrogen-bond donors (Lipinski definition) is 2. The Labute approximate surface area is 154 Å². The van der Waals surface area contributed by atoms with E-state index in [4.69, 9.17) is 0 Å². The molecule has 0 spiro atoms. The van der Waals surface area contributed by atoms with Crippen molar-refractivity contribution in [3.8, 4) is 0 Å². The van der Waals surface area contributed by atoms with E-state index >= 15 is 0 Å². The van der Waals surface area contributed by atoms with Gasteiger partial charge in [0, 0.05) is 30.5 Å². The number of halogens is 3. The minimum atomic E-state index is -4.54. The standard InChI is InChI=1S/C19H20F3N3O2/c20-19(21,22)17-13(5-3-9-23-17)11-24-16-8-2-1-7-15(16)18(27)25-10-4-6-14(25)12-26/h1-3,5,7-9,14,24,26H,4,6,10-12H2. The Kier molecular flexibility index (Phi) is 5.65. The summed E-state index contributed by atoms with van der Waals surface area (Å²) >= 11 is 0. The molecule has 1 aliphatic heterocycles. The average molecular weight is 379 g/mol. The van der Waals surface area contributed by atoms with Crippen LogP contribution in [0.25, 0.3) is 0 Å². The van der Waals surface area contributed by atoms with E-state index in [1.165, 1.54) is 12.1 Å². The number of hydrogen-bond acceptors (Lipinski definition) is 4. The summed E-state index contributed by atoms with van der Waals surface area (Å²) in [6.07, 6.45) is -1.89. The topological polar surface area (TPSA) is 65.5 Å². The van der Waals surface area contributed by atoms with E-state index in [1.54, 1.807) is 29.2 Å². The summed E-state index contributed by atoms with van der Waals surface area (Å²) in [5.74, 6) is -0.239. The molecule has 3 rings (SSSR count). The minimum absolute atomic E-state index is 0.00154. The predicted molar refractivity (Wildman–Crippen MR) is 94.2 cm³/mol. The zero-order chi connectivity index (χ0) is 19.4. The first kappa shape index (κ1) is 19.2. The van der Waals surface area contributed by atoms with Gasteiger partial charge in [0.05, 0.1) is 18.2 Å². The van der Waals surface area contributed by atoms with Crippen LogP contribution in [0.3, 0.4) is 0 Å². The Balaban J connectivity index is 1.81. The first-order valence-corrected chi connectivity index (χ1v) is 8.67. The lowest BCUT2D eigenvalue weighted by Crippen LogP contribution is -2.37. The molecule has 1 aromatic carbocycles. The maximum Gasteiger partial charge on any atom is 0.433 e. The van der Waals surface area contributed by atoms with Crippen molar-refractivity contribution in [2.75, 3.05) is 18.5 Å². The SMILES string of the molecule is O=C(c1ccccc1NCc1cccnc1C(F)(F)F)N1CCCC1CO. The number of nitrogens with zero attached hydrogens (tertiary/aromatic N) is 2. The molecule has 0 aliphatic carbocycles. The van der Waals surface area contributed by atoms with E-state index in [9.17, 15) is 23.1 Å². The molecule has 5 nitrogen and oxygen atoms in total.